The lowest BCUT2D eigenvalue weighted by molar-refractivity contribution is -0.141. The summed E-state index contributed by atoms with van der Waals surface area (Å²) in [5.41, 5.74) is 1.82. The van der Waals surface area contributed by atoms with Crippen molar-refractivity contribution in [3.8, 4) is 17.2 Å². The smallest absolute Gasteiger partial charge is 0.306 e. The van der Waals surface area contributed by atoms with Gasteiger partial charge in [-0.05, 0) is 42.0 Å². The van der Waals surface area contributed by atoms with E-state index in [0.29, 0.717) is 36.8 Å². The number of aromatic hydroxyl groups is 1. The van der Waals surface area contributed by atoms with Gasteiger partial charge in [0.1, 0.15) is 5.76 Å². The maximum Gasteiger partial charge on any atom is 0.306 e. The van der Waals surface area contributed by atoms with E-state index in [2.05, 4.69) is 4.90 Å². The van der Waals surface area contributed by atoms with Gasteiger partial charge in [0, 0.05) is 25.1 Å². The maximum atomic E-state index is 12.5. The Morgan fingerprint density at radius 2 is 1.79 bits per heavy atom. The van der Waals surface area contributed by atoms with Crippen molar-refractivity contribution in [2.24, 2.45) is 5.92 Å². The average molecular weight is 460 g/mol. The molecule has 0 amide bonds. The molecular formula is C25H33NO7. The number of esters is 1. The van der Waals surface area contributed by atoms with E-state index in [0.717, 1.165) is 18.5 Å². The van der Waals surface area contributed by atoms with Gasteiger partial charge in [-0.2, -0.15) is 0 Å². The number of methoxy groups -OCH3 is 3. The Labute approximate surface area is 194 Å². The Hall–Kier alpha value is -3.00. The van der Waals surface area contributed by atoms with E-state index >= 15 is 0 Å². The minimum atomic E-state index is -0.506. The third-order valence-electron chi connectivity index (χ3n) is 5.94. The normalized spacial score (nSPS) is 14.6. The largest absolute Gasteiger partial charge is 0.502 e. The van der Waals surface area contributed by atoms with Gasteiger partial charge in [0.15, 0.2) is 17.3 Å². The van der Waals surface area contributed by atoms with Crippen LogP contribution in [0.4, 0.5) is 0 Å². The molecule has 0 aliphatic carbocycles. The van der Waals surface area contributed by atoms with Crippen LogP contribution in [0, 0.1) is 5.92 Å². The maximum absolute atomic E-state index is 12.5. The first-order chi connectivity index (χ1) is 15.7. The summed E-state index contributed by atoms with van der Waals surface area (Å²) >= 11 is 0. The van der Waals surface area contributed by atoms with Crippen LogP contribution in [0.15, 0.2) is 27.4 Å². The van der Waals surface area contributed by atoms with Gasteiger partial charge < -0.3 is 23.7 Å². The third-order valence-corrected chi connectivity index (χ3v) is 5.94. The van der Waals surface area contributed by atoms with Crippen LogP contribution in [0.3, 0.4) is 0 Å². The Morgan fingerprint density at radius 1 is 1.12 bits per heavy atom. The summed E-state index contributed by atoms with van der Waals surface area (Å²) in [6, 6.07) is 5.31. The molecule has 0 bridgehead atoms. The van der Waals surface area contributed by atoms with E-state index < -0.39 is 23.1 Å². The number of nitrogens with zero attached hydrogens (tertiary/aromatic N) is 1. The van der Waals surface area contributed by atoms with Crippen molar-refractivity contribution in [2.75, 3.05) is 27.9 Å². The molecule has 0 saturated heterocycles. The number of rotatable bonds is 9. The Bertz CT molecular complexity index is 1040. The zero-order chi connectivity index (χ0) is 24.1. The summed E-state index contributed by atoms with van der Waals surface area (Å²) in [6.45, 7) is 5.87. The molecule has 1 unspecified atom stereocenters. The number of carbonyl (C=O) groups excluding carboxylic acids is 1. The molecule has 8 nitrogen and oxygen atoms in total. The highest BCUT2D eigenvalue weighted by molar-refractivity contribution is 5.70. The van der Waals surface area contributed by atoms with Crippen molar-refractivity contribution in [1.29, 1.82) is 0 Å². The molecule has 0 radical (unpaired) electrons. The van der Waals surface area contributed by atoms with Gasteiger partial charge in [0.2, 0.25) is 11.2 Å². The van der Waals surface area contributed by atoms with E-state index in [1.54, 1.807) is 14.2 Å². The second-order valence-electron chi connectivity index (χ2n) is 8.83. The Balaban J connectivity index is 1.85. The zero-order valence-corrected chi connectivity index (χ0v) is 20.0. The highest BCUT2D eigenvalue weighted by Crippen LogP contribution is 2.35. The lowest BCUT2D eigenvalue weighted by atomic mass is 9.91. The predicted octanol–water partition coefficient (Wildman–Crippen LogP) is 3.61. The minimum Gasteiger partial charge on any atom is -0.502 e. The number of carbonyl (C=O) groups is 1. The molecule has 180 valence electrons. The van der Waals surface area contributed by atoms with Crippen LogP contribution in [0.25, 0.3) is 0 Å². The lowest BCUT2D eigenvalue weighted by Crippen LogP contribution is -2.30. The average Bonchev–Trinajstić information content (AvgIpc) is 2.79. The lowest BCUT2D eigenvalue weighted by Gasteiger charge is -2.29. The van der Waals surface area contributed by atoms with Crippen molar-refractivity contribution in [3.63, 3.8) is 0 Å². The highest BCUT2D eigenvalue weighted by atomic mass is 16.5. The first-order valence-electron chi connectivity index (χ1n) is 11.1. The summed E-state index contributed by atoms with van der Waals surface area (Å²) in [4.78, 5) is 26.6. The molecule has 1 aromatic carbocycles. The Morgan fingerprint density at radius 3 is 2.39 bits per heavy atom. The molecule has 2 heterocycles. The van der Waals surface area contributed by atoms with Crippen LogP contribution < -0.4 is 14.9 Å². The zero-order valence-electron chi connectivity index (χ0n) is 20.0. The second-order valence-corrected chi connectivity index (χ2v) is 8.83. The van der Waals surface area contributed by atoms with Gasteiger partial charge in [-0.15, -0.1) is 0 Å². The van der Waals surface area contributed by atoms with Gasteiger partial charge in [0.05, 0.1) is 34.3 Å². The minimum absolute atomic E-state index is 0.0351. The monoisotopic (exact) mass is 459 g/mol. The molecule has 1 aliphatic rings. The van der Waals surface area contributed by atoms with Crippen molar-refractivity contribution < 1.29 is 28.5 Å². The van der Waals surface area contributed by atoms with Crippen molar-refractivity contribution >= 4 is 5.97 Å². The molecule has 8 heteroatoms. The van der Waals surface area contributed by atoms with Crippen LogP contribution in [-0.4, -0.2) is 43.8 Å². The molecule has 1 aliphatic heterocycles. The quantitative estimate of drug-likeness (QED) is 0.568. The second kappa shape index (κ2) is 10.7. The van der Waals surface area contributed by atoms with Gasteiger partial charge in [0.25, 0.3) is 0 Å². The molecule has 0 fully saturated rings. The molecule has 0 saturated carbocycles. The molecule has 0 spiro atoms. The van der Waals surface area contributed by atoms with Crippen LogP contribution in [0.5, 0.6) is 17.2 Å². The fraction of sp³-hybridized carbons (Fsp3) is 0.520. The summed E-state index contributed by atoms with van der Waals surface area (Å²) in [7, 11) is 4.55. The van der Waals surface area contributed by atoms with Crippen LogP contribution in [-0.2, 0) is 29.0 Å². The van der Waals surface area contributed by atoms with Gasteiger partial charge >= 0.3 is 5.97 Å². The number of ether oxygens (including phenoxy) is 3. The molecular weight excluding hydrogens is 426 g/mol. The van der Waals surface area contributed by atoms with Crippen molar-refractivity contribution in [1.82, 2.24) is 4.90 Å². The molecule has 3 rings (SSSR count). The topological polar surface area (TPSA) is 98.4 Å². The van der Waals surface area contributed by atoms with E-state index in [9.17, 15) is 14.7 Å². The van der Waals surface area contributed by atoms with E-state index in [4.69, 9.17) is 18.6 Å². The number of benzene rings is 1. The highest BCUT2D eigenvalue weighted by Gasteiger charge is 2.27. The van der Waals surface area contributed by atoms with Gasteiger partial charge in [-0.3, -0.25) is 14.5 Å². The molecule has 2 aromatic rings. The number of fused-ring (bicyclic) bond motifs is 1. The van der Waals surface area contributed by atoms with Gasteiger partial charge in [-0.25, -0.2) is 0 Å². The fourth-order valence-corrected chi connectivity index (χ4v) is 4.34. The Kier molecular flexibility index (Phi) is 8.02. The first-order valence-corrected chi connectivity index (χ1v) is 11.1. The van der Waals surface area contributed by atoms with Crippen molar-refractivity contribution in [2.45, 2.75) is 52.1 Å². The van der Waals surface area contributed by atoms with Crippen LogP contribution >= 0.6 is 0 Å². The SMILES string of the molecule is COC(=O)CC(CC(C)C)c1oc(CN2CCc3cc(OC)c(OC)cc3C2)cc(=O)c1O. The predicted molar refractivity (Wildman–Crippen MR) is 123 cm³/mol. The summed E-state index contributed by atoms with van der Waals surface area (Å²) < 4.78 is 21.7. The van der Waals surface area contributed by atoms with E-state index in [1.165, 1.54) is 18.7 Å². The van der Waals surface area contributed by atoms with Crippen LogP contribution in [0.2, 0.25) is 0 Å². The van der Waals surface area contributed by atoms with Crippen molar-refractivity contribution in [3.05, 3.63) is 51.1 Å². The summed E-state index contributed by atoms with van der Waals surface area (Å²) in [5.74, 6) is 0.939. The van der Waals surface area contributed by atoms with Gasteiger partial charge in [-0.1, -0.05) is 13.8 Å². The molecule has 33 heavy (non-hydrogen) atoms. The van der Waals surface area contributed by atoms with E-state index in [-0.39, 0.29) is 18.1 Å². The van der Waals surface area contributed by atoms with E-state index in [1.807, 2.05) is 26.0 Å². The standard InChI is InChI=1S/C25H33NO7/c1-15(2)8-17(11-23(28)32-5)25-24(29)20(27)12-19(33-25)14-26-7-6-16-9-21(30-3)22(31-4)10-18(16)13-26/h9-10,12,15,17,29H,6-8,11,13-14H2,1-5H3. The summed E-state index contributed by atoms with van der Waals surface area (Å²) in [5, 5.41) is 10.4. The number of hydrogen-bond acceptors (Lipinski definition) is 8. The molecule has 1 aromatic heterocycles. The van der Waals surface area contributed by atoms with Crippen LogP contribution in [0.1, 0.15) is 55.3 Å². The summed E-state index contributed by atoms with van der Waals surface area (Å²) in [6.07, 6.45) is 1.43. The number of hydrogen-bond donors (Lipinski definition) is 1. The third kappa shape index (κ3) is 5.87. The molecule has 1 atom stereocenters. The fourth-order valence-electron chi connectivity index (χ4n) is 4.34. The first kappa shape index (κ1) is 24.6. The molecule has 1 N–H and O–H groups in total.